The van der Waals surface area contributed by atoms with Crippen molar-refractivity contribution in [1.82, 2.24) is 0 Å². The molecule has 0 unspecified atom stereocenters. The van der Waals surface area contributed by atoms with Gasteiger partial charge in [0.05, 0.1) is 5.69 Å². The van der Waals surface area contributed by atoms with E-state index in [4.69, 9.17) is 4.42 Å². The number of furan rings is 1. The fraction of sp³-hybridized carbons (Fsp3) is 0. The van der Waals surface area contributed by atoms with Crippen molar-refractivity contribution in [2.45, 2.75) is 0 Å². The van der Waals surface area contributed by atoms with Crippen LogP contribution in [0, 0.1) is 0 Å². The van der Waals surface area contributed by atoms with Gasteiger partial charge >= 0.3 is 0 Å². The van der Waals surface area contributed by atoms with Crippen molar-refractivity contribution in [3.8, 4) is 44.5 Å². The van der Waals surface area contributed by atoms with Gasteiger partial charge in [-0.2, -0.15) is 0 Å². The van der Waals surface area contributed by atoms with Crippen molar-refractivity contribution in [2.24, 2.45) is 0 Å². The topological polar surface area (TPSA) is 16.4 Å². The average molecular weight is 796 g/mol. The van der Waals surface area contributed by atoms with Crippen LogP contribution in [0.15, 0.2) is 229 Å². The first kappa shape index (κ1) is 35.2. The fourth-order valence-corrected chi connectivity index (χ4v) is 10.2. The predicted molar refractivity (Wildman–Crippen MR) is 261 cm³/mol. The van der Waals surface area contributed by atoms with E-state index in [1.54, 1.807) is 0 Å². The van der Waals surface area contributed by atoms with Crippen LogP contribution in [-0.2, 0) is 0 Å². The third-order valence-electron chi connectivity index (χ3n) is 12.1. The average Bonchev–Trinajstić information content (AvgIpc) is 3.90. The van der Waals surface area contributed by atoms with Crippen LogP contribution in [0.3, 0.4) is 0 Å². The number of thiophene rings is 1. The van der Waals surface area contributed by atoms with E-state index in [1.165, 1.54) is 58.8 Å². The molecule has 0 aliphatic rings. The van der Waals surface area contributed by atoms with Crippen LogP contribution in [0.2, 0.25) is 0 Å². The van der Waals surface area contributed by atoms with Crippen molar-refractivity contribution in [3.63, 3.8) is 0 Å². The number of para-hydroxylation sites is 2. The Hall–Kier alpha value is -7.72. The molecule has 0 atom stereocenters. The molecule has 0 aliphatic carbocycles. The van der Waals surface area contributed by atoms with Crippen molar-refractivity contribution in [2.75, 3.05) is 4.90 Å². The minimum atomic E-state index is 0.883. The van der Waals surface area contributed by atoms with Gasteiger partial charge in [-0.15, -0.1) is 11.3 Å². The van der Waals surface area contributed by atoms with Gasteiger partial charge in [-0.25, -0.2) is 0 Å². The lowest BCUT2D eigenvalue weighted by Gasteiger charge is -2.28. The van der Waals surface area contributed by atoms with Gasteiger partial charge in [0, 0.05) is 47.9 Å². The number of nitrogens with zero attached hydrogens (tertiary/aromatic N) is 1. The highest BCUT2D eigenvalue weighted by molar-refractivity contribution is 7.25. The van der Waals surface area contributed by atoms with Gasteiger partial charge in [-0.05, 0) is 116 Å². The molecule has 10 aromatic carbocycles. The second kappa shape index (κ2) is 14.5. The van der Waals surface area contributed by atoms with E-state index >= 15 is 0 Å². The molecule has 0 saturated carbocycles. The summed E-state index contributed by atoms with van der Waals surface area (Å²) in [5.74, 6) is 0. The Morgan fingerprint density at radius 1 is 0.328 bits per heavy atom. The van der Waals surface area contributed by atoms with E-state index in [2.05, 4.69) is 223 Å². The number of hydrogen-bond donors (Lipinski definition) is 0. The molecule has 0 N–H and O–H groups in total. The minimum Gasteiger partial charge on any atom is -0.456 e. The molecule has 12 rings (SSSR count). The predicted octanol–water partition coefficient (Wildman–Crippen LogP) is 17.2. The molecule has 2 heterocycles. The van der Waals surface area contributed by atoms with E-state index < -0.39 is 0 Å². The van der Waals surface area contributed by atoms with Crippen LogP contribution < -0.4 is 4.90 Å². The highest BCUT2D eigenvalue weighted by Crippen LogP contribution is 2.46. The summed E-state index contributed by atoms with van der Waals surface area (Å²) in [6.07, 6.45) is 0. The number of hydrogen-bond acceptors (Lipinski definition) is 3. The summed E-state index contributed by atoms with van der Waals surface area (Å²) < 4.78 is 9.02. The fourth-order valence-electron chi connectivity index (χ4n) is 9.10. The number of fused-ring (bicyclic) bond motifs is 7. The molecule has 0 saturated heterocycles. The third-order valence-corrected chi connectivity index (χ3v) is 13.2. The largest absolute Gasteiger partial charge is 0.456 e. The van der Waals surface area contributed by atoms with Crippen LogP contribution >= 0.6 is 11.3 Å². The molecule has 0 aliphatic heterocycles. The minimum absolute atomic E-state index is 0.883. The first-order valence-electron chi connectivity index (χ1n) is 20.7. The van der Waals surface area contributed by atoms with Gasteiger partial charge in [0.15, 0.2) is 0 Å². The van der Waals surface area contributed by atoms with Gasteiger partial charge < -0.3 is 9.32 Å². The third kappa shape index (κ3) is 6.18. The molecule has 0 amide bonds. The van der Waals surface area contributed by atoms with Crippen LogP contribution in [0.5, 0.6) is 0 Å². The Balaban J connectivity index is 0.998. The number of benzene rings is 10. The second-order valence-electron chi connectivity index (χ2n) is 15.7. The van der Waals surface area contributed by atoms with E-state index in [1.807, 2.05) is 17.4 Å². The van der Waals surface area contributed by atoms with Crippen molar-refractivity contribution < 1.29 is 4.42 Å². The van der Waals surface area contributed by atoms with Gasteiger partial charge in [0.25, 0.3) is 0 Å². The summed E-state index contributed by atoms with van der Waals surface area (Å²) in [6.45, 7) is 0. The zero-order valence-electron chi connectivity index (χ0n) is 33.1. The molecular weight excluding hydrogens is 759 g/mol. The standard InChI is InChI=1S/C58H37NOS/c1-2-13-40-34-44(27-26-38(40)12-1)42-15-9-14-41(35-42)43-16-10-17-47(36-43)59(46-31-28-39(29-32-46)45-30-33-50-49-19-5-8-25-56(49)61-57(50)37-45)53-22-6-3-18-48(53)51-21-11-24-55-58(51)52-20-4-7-23-54(52)60-55/h1-37H. The SMILES string of the molecule is c1cc(-c2cccc(N(c3ccc(-c4ccc5c(c4)sc4ccccc45)cc3)c3ccccc3-c3cccc4oc5ccccc5c34)c2)cc(-c2ccc3ccccc3c2)c1. The monoisotopic (exact) mass is 795 g/mol. The molecule has 12 aromatic rings. The summed E-state index contributed by atoms with van der Waals surface area (Å²) in [4.78, 5) is 2.41. The number of anilines is 3. The normalized spacial score (nSPS) is 11.6. The molecule has 2 aromatic heterocycles. The van der Waals surface area contributed by atoms with Crippen molar-refractivity contribution >= 4 is 81.3 Å². The maximum atomic E-state index is 6.40. The van der Waals surface area contributed by atoms with E-state index in [9.17, 15) is 0 Å². The molecule has 0 radical (unpaired) electrons. The molecule has 2 nitrogen and oxygen atoms in total. The Morgan fingerprint density at radius 2 is 0.934 bits per heavy atom. The van der Waals surface area contributed by atoms with E-state index in [0.717, 1.165) is 55.7 Å². The first-order chi connectivity index (χ1) is 30.2. The zero-order valence-corrected chi connectivity index (χ0v) is 33.9. The smallest absolute Gasteiger partial charge is 0.136 e. The molecule has 286 valence electrons. The lowest BCUT2D eigenvalue weighted by Crippen LogP contribution is -2.11. The molecular formula is C58H37NOS. The van der Waals surface area contributed by atoms with Crippen LogP contribution in [-0.4, -0.2) is 0 Å². The lowest BCUT2D eigenvalue weighted by atomic mass is 9.95. The summed E-state index contributed by atoms with van der Waals surface area (Å²) in [6, 6.07) is 81.3. The second-order valence-corrected chi connectivity index (χ2v) is 16.8. The lowest BCUT2D eigenvalue weighted by molar-refractivity contribution is 0.669. The quantitative estimate of drug-likeness (QED) is 0.160. The van der Waals surface area contributed by atoms with Crippen molar-refractivity contribution in [3.05, 3.63) is 224 Å². The van der Waals surface area contributed by atoms with Gasteiger partial charge in [0.1, 0.15) is 11.2 Å². The zero-order chi connectivity index (χ0) is 40.3. The Kier molecular flexibility index (Phi) is 8.39. The van der Waals surface area contributed by atoms with Crippen LogP contribution in [0.4, 0.5) is 17.1 Å². The molecule has 0 fully saturated rings. The van der Waals surface area contributed by atoms with Crippen LogP contribution in [0.1, 0.15) is 0 Å². The molecule has 3 heteroatoms. The van der Waals surface area contributed by atoms with Crippen LogP contribution in [0.25, 0.3) is 97.4 Å². The summed E-state index contributed by atoms with van der Waals surface area (Å²) in [7, 11) is 0. The molecule has 61 heavy (non-hydrogen) atoms. The highest BCUT2D eigenvalue weighted by atomic mass is 32.1. The Labute approximate surface area is 357 Å². The Morgan fingerprint density at radius 3 is 1.82 bits per heavy atom. The summed E-state index contributed by atoms with van der Waals surface area (Å²) >= 11 is 1.86. The summed E-state index contributed by atoms with van der Waals surface area (Å²) in [5, 5.41) is 7.36. The van der Waals surface area contributed by atoms with Gasteiger partial charge in [-0.1, -0.05) is 158 Å². The highest BCUT2D eigenvalue weighted by Gasteiger charge is 2.21. The van der Waals surface area contributed by atoms with E-state index in [0.29, 0.717) is 0 Å². The summed E-state index contributed by atoms with van der Waals surface area (Å²) in [5.41, 5.74) is 14.4. The maximum absolute atomic E-state index is 6.40. The van der Waals surface area contributed by atoms with Gasteiger partial charge in [-0.3, -0.25) is 0 Å². The molecule has 0 spiro atoms. The Bertz CT molecular complexity index is 3610. The van der Waals surface area contributed by atoms with Gasteiger partial charge in [0.2, 0.25) is 0 Å². The number of rotatable bonds is 7. The first-order valence-corrected chi connectivity index (χ1v) is 21.5. The van der Waals surface area contributed by atoms with E-state index in [-0.39, 0.29) is 0 Å². The van der Waals surface area contributed by atoms with Crippen molar-refractivity contribution in [1.29, 1.82) is 0 Å². The maximum Gasteiger partial charge on any atom is 0.136 e. The molecule has 0 bridgehead atoms.